The Kier molecular flexibility index (Phi) is 6.60. The maximum absolute atomic E-state index is 13.2. The van der Waals surface area contributed by atoms with Gasteiger partial charge in [0.25, 0.3) is 0 Å². The summed E-state index contributed by atoms with van der Waals surface area (Å²) in [6, 6.07) is 15.8. The van der Waals surface area contributed by atoms with Gasteiger partial charge in [0.05, 0.1) is 16.9 Å². The number of benzene rings is 2. The van der Waals surface area contributed by atoms with Crippen LogP contribution in [0.3, 0.4) is 0 Å². The molecular formula is C24H28ClN3O2S. The minimum absolute atomic E-state index is 0.145. The van der Waals surface area contributed by atoms with Crippen LogP contribution in [0.15, 0.2) is 53.4 Å². The quantitative estimate of drug-likeness (QED) is 0.683. The Morgan fingerprint density at radius 1 is 1.06 bits per heavy atom. The smallest absolute Gasteiger partial charge is 0.237 e. The molecule has 0 spiro atoms. The van der Waals surface area contributed by atoms with Crippen molar-refractivity contribution in [1.29, 1.82) is 0 Å². The summed E-state index contributed by atoms with van der Waals surface area (Å²) < 4.78 is 0. The predicted octanol–water partition coefficient (Wildman–Crippen LogP) is 3.90. The molecule has 164 valence electrons. The number of fused-ring (bicyclic) bond motifs is 1. The molecule has 31 heavy (non-hydrogen) atoms. The molecule has 0 aromatic heterocycles. The molecule has 4 rings (SSSR count). The zero-order chi connectivity index (χ0) is 22.0. The highest BCUT2D eigenvalue weighted by Crippen LogP contribution is 2.38. The number of nitrogens with zero attached hydrogens (tertiary/aromatic N) is 3. The molecule has 0 bridgehead atoms. The van der Waals surface area contributed by atoms with Gasteiger partial charge in [0.1, 0.15) is 0 Å². The first-order chi connectivity index (χ1) is 14.9. The van der Waals surface area contributed by atoms with Gasteiger partial charge in [-0.3, -0.25) is 9.59 Å². The Morgan fingerprint density at radius 3 is 2.42 bits per heavy atom. The third kappa shape index (κ3) is 4.47. The Morgan fingerprint density at radius 2 is 1.74 bits per heavy atom. The van der Waals surface area contributed by atoms with Gasteiger partial charge in [0.15, 0.2) is 0 Å². The number of para-hydroxylation sites is 1. The van der Waals surface area contributed by atoms with Gasteiger partial charge in [0.2, 0.25) is 11.8 Å². The van der Waals surface area contributed by atoms with Crippen molar-refractivity contribution in [2.45, 2.75) is 23.2 Å². The standard InChI is InChI=1S/C24H28ClN3O2S/c1-26(2)23(30)24(18-7-9-19(25)10-8-18)11-13-27(14-12-24)15-16-28-20-5-3-4-6-21(20)31-17-22(28)29/h3-10H,11-17H2,1-2H3. The molecule has 0 aliphatic carbocycles. The van der Waals surface area contributed by atoms with Gasteiger partial charge in [0, 0.05) is 37.1 Å². The molecule has 2 heterocycles. The molecule has 2 aliphatic rings. The number of rotatable bonds is 5. The molecule has 7 heteroatoms. The Bertz CT molecular complexity index is 956. The molecule has 2 amide bonds. The topological polar surface area (TPSA) is 43.9 Å². The van der Waals surface area contributed by atoms with Gasteiger partial charge in [-0.1, -0.05) is 35.9 Å². The van der Waals surface area contributed by atoms with Gasteiger partial charge in [-0.25, -0.2) is 0 Å². The van der Waals surface area contributed by atoms with Crippen LogP contribution in [0.1, 0.15) is 18.4 Å². The first-order valence-electron chi connectivity index (χ1n) is 10.6. The monoisotopic (exact) mass is 457 g/mol. The van der Waals surface area contributed by atoms with E-state index in [1.54, 1.807) is 16.7 Å². The lowest BCUT2D eigenvalue weighted by Gasteiger charge is -2.43. The van der Waals surface area contributed by atoms with Crippen molar-refractivity contribution >= 4 is 40.9 Å². The number of likely N-dealkylation sites (N-methyl/N-ethyl adjacent to an activating group) is 1. The summed E-state index contributed by atoms with van der Waals surface area (Å²) in [5, 5.41) is 0.679. The summed E-state index contributed by atoms with van der Waals surface area (Å²) in [6.07, 6.45) is 1.51. The highest BCUT2D eigenvalue weighted by atomic mass is 35.5. The number of amides is 2. The number of hydrogen-bond donors (Lipinski definition) is 0. The van der Waals surface area contributed by atoms with E-state index in [0.29, 0.717) is 17.3 Å². The number of halogens is 1. The number of carbonyl (C=O) groups excluding carboxylic acids is 2. The SMILES string of the molecule is CN(C)C(=O)C1(c2ccc(Cl)cc2)CCN(CCN2C(=O)CSc3ccccc32)CC1. The molecule has 0 saturated carbocycles. The van der Waals surface area contributed by atoms with E-state index in [0.717, 1.165) is 43.7 Å². The van der Waals surface area contributed by atoms with Crippen LogP contribution >= 0.6 is 23.4 Å². The largest absolute Gasteiger partial charge is 0.348 e. The van der Waals surface area contributed by atoms with Crippen LogP contribution in [0.25, 0.3) is 0 Å². The highest BCUT2D eigenvalue weighted by Gasteiger charge is 2.43. The molecule has 2 aromatic rings. The summed E-state index contributed by atoms with van der Waals surface area (Å²) in [7, 11) is 3.65. The van der Waals surface area contributed by atoms with Crippen molar-refractivity contribution in [3.05, 3.63) is 59.1 Å². The van der Waals surface area contributed by atoms with Crippen LogP contribution in [-0.4, -0.2) is 67.6 Å². The molecule has 2 aromatic carbocycles. The lowest BCUT2D eigenvalue weighted by Crippen LogP contribution is -2.52. The summed E-state index contributed by atoms with van der Waals surface area (Å²) in [5.41, 5.74) is 1.53. The average molecular weight is 458 g/mol. The fraction of sp³-hybridized carbons (Fsp3) is 0.417. The molecule has 5 nitrogen and oxygen atoms in total. The van der Waals surface area contributed by atoms with E-state index in [1.165, 1.54) is 4.90 Å². The van der Waals surface area contributed by atoms with E-state index >= 15 is 0 Å². The van der Waals surface area contributed by atoms with E-state index in [-0.39, 0.29) is 11.8 Å². The van der Waals surface area contributed by atoms with Crippen LogP contribution in [-0.2, 0) is 15.0 Å². The second-order valence-corrected chi connectivity index (χ2v) is 9.89. The normalized spacial score (nSPS) is 18.5. The highest BCUT2D eigenvalue weighted by molar-refractivity contribution is 8.00. The van der Waals surface area contributed by atoms with E-state index in [9.17, 15) is 9.59 Å². The number of thioether (sulfide) groups is 1. The number of anilines is 1. The van der Waals surface area contributed by atoms with Gasteiger partial charge in [-0.15, -0.1) is 11.8 Å². The van der Waals surface area contributed by atoms with E-state index in [1.807, 2.05) is 61.5 Å². The zero-order valence-corrected chi connectivity index (χ0v) is 19.6. The van der Waals surface area contributed by atoms with E-state index in [4.69, 9.17) is 11.6 Å². The zero-order valence-electron chi connectivity index (χ0n) is 18.0. The van der Waals surface area contributed by atoms with Crippen molar-refractivity contribution < 1.29 is 9.59 Å². The lowest BCUT2D eigenvalue weighted by molar-refractivity contribution is -0.136. The fourth-order valence-electron chi connectivity index (χ4n) is 4.62. The van der Waals surface area contributed by atoms with Gasteiger partial charge in [-0.2, -0.15) is 0 Å². The Balaban J connectivity index is 1.45. The molecule has 2 aliphatic heterocycles. The average Bonchev–Trinajstić information content (AvgIpc) is 2.79. The van der Waals surface area contributed by atoms with E-state index in [2.05, 4.69) is 11.0 Å². The lowest BCUT2D eigenvalue weighted by atomic mass is 9.71. The number of likely N-dealkylation sites (tertiary alicyclic amines) is 1. The Hall–Kier alpha value is -2.02. The van der Waals surface area contributed by atoms with Gasteiger partial charge in [-0.05, 0) is 55.8 Å². The van der Waals surface area contributed by atoms with Gasteiger partial charge >= 0.3 is 0 Å². The Labute approximate surface area is 193 Å². The second kappa shape index (κ2) is 9.23. The minimum Gasteiger partial charge on any atom is -0.348 e. The first-order valence-corrected chi connectivity index (χ1v) is 12.0. The molecule has 0 N–H and O–H groups in total. The summed E-state index contributed by atoms with van der Waals surface area (Å²) >= 11 is 7.70. The molecule has 0 atom stereocenters. The summed E-state index contributed by atoms with van der Waals surface area (Å²) in [5.74, 6) is 0.805. The fourth-order valence-corrected chi connectivity index (χ4v) is 5.68. The molecule has 0 unspecified atom stereocenters. The third-order valence-electron chi connectivity index (χ3n) is 6.37. The van der Waals surface area contributed by atoms with Crippen LogP contribution in [0.5, 0.6) is 0 Å². The number of carbonyl (C=O) groups is 2. The van der Waals surface area contributed by atoms with Crippen molar-refractivity contribution in [3.63, 3.8) is 0 Å². The summed E-state index contributed by atoms with van der Waals surface area (Å²) in [6.45, 7) is 3.12. The predicted molar refractivity (Wildman–Crippen MR) is 127 cm³/mol. The second-order valence-electron chi connectivity index (χ2n) is 8.43. The first kappa shape index (κ1) is 22.2. The maximum Gasteiger partial charge on any atom is 0.237 e. The number of piperidine rings is 1. The van der Waals surface area contributed by atoms with Crippen molar-refractivity contribution in [1.82, 2.24) is 9.80 Å². The van der Waals surface area contributed by atoms with Crippen LogP contribution < -0.4 is 4.90 Å². The van der Waals surface area contributed by atoms with Crippen LogP contribution in [0.4, 0.5) is 5.69 Å². The summed E-state index contributed by atoms with van der Waals surface area (Å²) in [4.78, 5) is 32.9. The molecule has 0 radical (unpaired) electrons. The van der Waals surface area contributed by atoms with E-state index < -0.39 is 5.41 Å². The number of hydrogen-bond acceptors (Lipinski definition) is 4. The molecule has 1 fully saturated rings. The molecule has 1 saturated heterocycles. The van der Waals surface area contributed by atoms with Gasteiger partial charge < -0.3 is 14.7 Å². The van der Waals surface area contributed by atoms with Crippen molar-refractivity contribution in [2.24, 2.45) is 0 Å². The van der Waals surface area contributed by atoms with Crippen LogP contribution in [0.2, 0.25) is 5.02 Å². The van der Waals surface area contributed by atoms with Crippen molar-refractivity contribution in [2.75, 3.05) is 50.9 Å². The molecular weight excluding hydrogens is 430 g/mol. The third-order valence-corrected chi connectivity index (χ3v) is 7.67. The maximum atomic E-state index is 13.2. The van der Waals surface area contributed by atoms with Crippen molar-refractivity contribution in [3.8, 4) is 0 Å². The van der Waals surface area contributed by atoms with Crippen LogP contribution in [0, 0.1) is 0 Å². The minimum atomic E-state index is -0.519.